The molecule has 10 N–H and O–H groups in total. The van der Waals surface area contributed by atoms with E-state index in [1.165, 1.54) is 19.2 Å². The minimum absolute atomic E-state index is 0.168. The monoisotopic (exact) mass is 1240 g/mol. The average Bonchev–Trinajstić information content (AvgIpc) is 2.01. The molecule has 6 fully saturated rings. The number of piperidine rings is 3. The van der Waals surface area contributed by atoms with E-state index in [0.717, 1.165) is 179 Å². The first-order chi connectivity index (χ1) is 43.0. The van der Waals surface area contributed by atoms with Gasteiger partial charge in [0, 0.05) is 134 Å². The first-order valence-electron chi connectivity index (χ1n) is 30.1. The Kier molecular flexibility index (Phi) is 20.0. The lowest BCUT2D eigenvalue weighted by atomic mass is 9.78. The normalized spacial score (nSPS) is 18.8. The van der Waals surface area contributed by atoms with Crippen LogP contribution in [-0.2, 0) is 14.6 Å². The van der Waals surface area contributed by atoms with Crippen molar-refractivity contribution in [3.63, 3.8) is 0 Å². The number of aryl methyl sites for hydroxylation is 2. The lowest BCUT2D eigenvalue weighted by molar-refractivity contribution is -0.117. The molecule has 474 valence electrons. The van der Waals surface area contributed by atoms with Crippen molar-refractivity contribution >= 4 is 72.5 Å². The van der Waals surface area contributed by atoms with Gasteiger partial charge in [-0.3, -0.25) is 24.9 Å². The maximum Gasteiger partial charge on any atom is 0.219 e. The molecule has 0 saturated carbocycles. The van der Waals surface area contributed by atoms with Crippen LogP contribution in [0.2, 0.25) is 0 Å². The van der Waals surface area contributed by atoms with Crippen LogP contribution in [-0.4, -0.2) is 166 Å². The molecule has 1 spiro atoms. The second-order valence-corrected chi connectivity index (χ2v) is 26.6. The summed E-state index contributed by atoms with van der Waals surface area (Å²) in [6, 6.07) is 9.71. The molecule has 6 aliphatic rings. The van der Waals surface area contributed by atoms with Crippen molar-refractivity contribution in [2.75, 3.05) is 156 Å². The largest absolute Gasteiger partial charge is 0.425 e. The van der Waals surface area contributed by atoms with E-state index in [1.807, 2.05) is 55.3 Å². The van der Waals surface area contributed by atoms with Gasteiger partial charge in [-0.2, -0.15) is 4.98 Å². The number of ether oxygens (including phenoxy) is 1. The van der Waals surface area contributed by atoms with Gasteiger partial charge in [-0.25, -0.2) is 13.0 Å². The predicted octanol–water partition coefficient (Wildman–Crippen LogP) is 5.81. The molecule has 89 heavy (non-hydrogen) atoms. The van der Waals surface area contributed by atoms with Crippen molar-refractivity contribution in [3.8, 4) is 0 Å². The first kappa shape index (κ1) is 62.9. The molecule has 14 heterocycles. The Bertz CT molecular complexity index is 3640. The second kappa shape index (κ2) is 28.4. The lowest BCUT2D eigenvalue weighted by Gasteiger charge is -2.49. The zero-order valence-electron chi connectivity index (χ0n) is 51.1. The number of piperazine rings is 1. The summed E-state index contributed by atoms with van der Waals surface area (Å²) >= 11 is 0. The molecule has 0 aromatic carbocycles. The standard InChI is InChI=1S/C13H17N5O.C12H16N6O.C12H15N5O.C12H17N3O.C11H17N3O2S/c1-9-16-17-13(19-9)10-3-6-18(7-4-10)12-2-5-15-8-11(12)14;1-9-12(16-19-15-9)18-6-4-17(5-7-18)11-2-3-14-8-10(11)13;13-10-7-14-4-1-11(10)17-5-2-9(3-6-17)12-15-8-18-16-12;13-10-6-14-4-2-11(10)15-5-1-3-12(7-15)8-16-9-12;1-11(2)8-14(5-6-17(11,15)16)10-3-4-13-7-9(10)12/h2,5,8,10H,3-4,6-7,14H2,1H3;2-3,8H,4-7,13H2,1H3;1,4,7-9H,2-3,5-6,13H2;2,4,6H,1,3,5,7-9,13H2;3-4,7H,5-6,8,12H2,1-2H3. The summed E-state index contributed by atoms with van der Waals surface area (Å²) in [6.45, 7) is 19.5. The Labute approximate surface area is 518 Å². The van der Waals surface area contributed by atoms with Crippen LogP contribution in [0, 0.1) is 19.3 Å². The Balaban J connectivity index is 0.000000123. The van der Waals surface area contributed by atoms with Crippen molar-refractivity contribution in [3.05, 3.63) is 122 Å². The summed E-state index contributed by atoms with van der Waals surface area (Å²) in [5.41, 5.74) is 39.6. The highest BCUT2D eigenvalue weighted by molar-refractivity contribution is 7.92. The van der Waals surface area contributed by atoms with Gasteiger partial charge in [0.05, 0.1) is 112 Å². The van der Waals surface area contributed by atoms with E-state index in [4.69, 9.17) is 47.0 Å². The third-order valence-electron chi connectivity index (χ3n) is 17.2. The van der Waals surface area contributed by atoms with Crippen molar-refractivity contribution in [1.82, 2.24) is 55.6 Å². The quantitative estimate of drug-likeness (QED) is 0.120. The summed E-state index contributed by atoms with van der Waals surface area (Å²) < 4.78 is 43.5. The van der Waals surface area contributed by atoms with Crippen LogP contribution in [0.1, 0.15) is 87.5 Å². The van der Waals surface area contributed by atoms with Gasteiger partial charge in [0.25, 0.3) is 0 Å². The van der Waals surface area contributed by atoms with E-state index in [2.05, 4.69) is 80.1 Å². The molecule has 0 unspecified atom stereocenters. The van der Waals surface area contributed by atoms with Crippen LogP contribution in [0.25, 0.3) is 0 Å². The van der Waals surface area contributed by atoms with E-state index in [9.17, 15) is 8.42 Å². The molecular formula is C60H82N22O6S. The molecule has 6 saturated heterocycles. The molecule has 8 aromatic rings. The fourth-order valence-corrected chi connectivity index (χ4v) is 13.4. The van der Waals surface area contributed by atoms with Crippen molar-refractivity contribution < 1.29 is 26.7 Å². The van der Waals surface area contributed by atoms with Gasteiger partial charge in [0.1, 0.15) is 5.69 Å². The van der Waals surface area contributed by atoms with E-state index >= 15 is 0 Å². The van der Waals surface area contributed by atoms with E-state index in [1.54, 1.807) is 69.6 Å². The van der Waals surface area contributed by atoms with E-state index in [0.29, 0.717) is 41.9 Å². The maximum atomic E-state index is 11.9. The van der Waals surface area contributed by atoms with Crippen molar-refractivity contribution in [1.29, 1.82) is 0 Å². The van der Waals surface area contributed by atoms with Gasteiger partial charge >= 0.3 is 0 Å². The van der Waals surface area contributed by atoms with Gasteiger partial charge < -0.3 is 71.7 Å². The number of hydrogen-bond acceptors (Lipinski definition) is 28. The third-order valence-corrected chi connectivity index (χ3v) is 19.7. The molecule has 0 amide bonds. The molecule has 14 rings (SSSR count). The van der Waals surface area contributed by atoms with Gasteiger partial charge in [0.15, 0.2) is 21.5 Å². The number of anilines is 11. The number of nitrogens with two attached hydrogens (primary N) is 5. The minimum atomic E-state index is -3.01. The molecule has 6 aliphatic heterocycles. The highest BCUT2D eigenvalue weighted by Gasteiger charge is 2.43. The Morgan fingerprint density at radius 2 is 0.989 bits per heavy atom. The molecule has 0 radical (unpaired) electrons. The average molecular weight is 1240 g/mol. The van der Waals surface area contributed by atoms with Gasteiger partial charge in [-0.05, 0) is 94.8 Å². The SMILES string of the molecule is CC1(C)CN(c2ccncc2N)CCS1(=O)=O.Cc1nnc(C2CCN(c3ccncc3N)CC2)o1.Cc1nonc1N1CCN(c2ccncc2N)CC1.Nc1cnccc1N1CCC(c2ncon2)CC1.Nc1cnccc1N1CCCC2(COC2)C1. The fraction of sp³-hybridized carbons (Fsp3) is 0.483. The number of nitrogens with zero attached hydrogens (tertiary/aromatic N) is 17. The van der Waals surface area contributed by atoms with E-state index in [-0.39, 0.29) is 5.75 Å². The zero-order chi connectivity index (χ0) is 62.5. The predicted molar refractivity (Wildman–Crippen MR) is 343 cm³/mol. The number of hydrogen-bond donors (Lipinski definition) is 5. The minimum Gasteiger partial charge on any atom is -0.425 e. The smallest absolute Gasteiger partial charge is 0.219 e. The maximum absolute atomic E-state index is 11.9. The first-order valence-corrected chi connectivity index (χ1v) is 31.7. The van der Waals surface area contributed by atoms with Crippen LogP contribution in [0.4, 0.5) is 62.7 Å². The van der Waals surface area contributed by atoms with Crippen molar-refractivity contribution in [2.45, 2.75) is 82.8 Å². The van der Waals surface area contributed by atoms with Crippen LogP contribution in [0.15, 0.2) is 112 Å². The number of aromatic nitrogens is 11. The van der Waals surface area contributed by atoms with Gasteiger partial charge in [0.2, 0.25) is 18.2 Å². The Morgan fingerprint density at radius 1 is 0.528 bits per heavy atom. The summed E-state index contributed by atoms with van der Waals surface area (Å²) in [6.07, 6.45) is 25.1. The van der Waals surface area contributed by atoms with Crippen LogP contribution in [0.5, 0.6) is 0 Å². The zero-order valence-corrected chi connectivity index (χ0v) is 51.9. The molecule has 0 bridgehead atoms. The summed E-state index contributed by atoms with van der Waals surface area (Å²) in [5, 5.41) is 19.7. The molecular weight excluding hydrogens is 1160 g/mol. The summed E-state index contributed by atoms with van der Waals surface area (Å²) in [7, 11) is -3.01. The highest BCUT2D eigenvalue weighted by atomic mass is 32.2. The van der Waals surface area contributed by atoms with Crippen molar-refractivity contribution in [2.24, 2.45) is 5.41 Å². The number of pyridine rings is 5. The Morgan fingerprint density at radius 3 is 1.39 bits per heavy atom. The number of sulfone groups is 1. The lowest BCUT2D eigenvalue weighted by Crippen LogP contribution is -2.54. The van der Waals surface area contributed by atoms with Crippen LogP contribution < -0.4 is 58.1 Å². The van der Waals surface area contributed by atoms with E-state index < -0.39 is 14.6 Å². The highest BCUT2D eigenvalue weighted by Crippen LogP contribution is 2.40. The summed E-state index contributed by atoms with van der Waals surface area (Å²) in [4.78, 5) is 37.5. The molecule has 0 atom stereocenters. The van der Waals surface area contributed by atoms with Crippen LogP contribution >= 0.6 is 0 Å². The van der Waals surface area contributed by atoms with Crippen LogP contribution in [0.3, 0.4) is 0 Å². The summed E-state index contributed by atoms with van der Waals surface area (Å²) in [5.74, 6) is 3.97. The number of rotatable bonds is 8. The molecule has 28 nitrogen and oxygen atoms in total. The fourth-order valence-electron chi connectivity index (χ4n) is 12.1. The van der Waals surface area contributed by atoms with Gasteiger partial charge in [-0.1, -0.05) is 10.3 Å². The topological polar surface area (TPSA) is 374 Å². The molecule has 0 aliphatic carbocycles. The third kappa shape index (κ3) is 15.4. The molecule has 8 aromatic heterocycles. The number of nitrogen functional groups attached to an aromatic ring is 5. The second-order valence-electron chi connectivity index (χ2n) is 23.8. The Hall–Kier alpha value is -9.12. The molecule has 29 heteroatoms. The van der Waals surface area contributed by atoms with Gasteiger partial charge in [-0.15, -0.1) is 10.2 Å².